The fourth-order valence-electron chi connectivity index (χ4n) is 12.1. The first kappa shape index (κ1) is 77.6. The first-order valence-corrected chi connectivity index (χ1v) is 37.6. The van der Waals surface area contributed by atoms with Crippen molar-refractivity contribution in [2.45, 2.75) is 221 Å². The van der Waals surface area contributed by atoms with Gasteiger partial charge < -0.3 is 33.2 Å². The van der Waals surface area contributed by atoms with E-state index in [4.69, 9.17) is 33.2 Å². The average Bonchev–Trinajstić information content (AvgIpc) is 1.69. The van der Waals surface area contributed by atoms with Crippen LogP contribution in [0.15, 0.2) is 162 Å². The molecule has 1 unspecified atom stereocenters. The summed E-state index contributed by atoms with van der Waals surface area (Å²) >= 11 is 3.20. The van der Waals surface area contributed by atoms with Crippen LogP contribution in [0.25, 0.3) is 10.1 Å². The van der Waals surface area contributed by atoms with Gasteiger partial charge in [-0.05, 0) is 192 Å². The Morgan fingerprint density at radius 2 is 0.912 bits per heavy atom. The summed E-state index contributed by atoms with van der Waals surface area (Å²) in [7, 11) is 0. The van der Waals surface area contributed by atoms with Crippen molar-refractivity contribution in [3.8, 4) is 28.7 Å². The molecule has 102 heavy (non-hydrogen) atoms. The fraction of sp³-hybridized carbons (Fsp3) is 0.386. The molecule has 11 nitrogen and oxygen atoms in total. The van der Waals surface area contributed by atoms with Gasteiger partial charge in [-0.15, -0.1) is 11.3 Å². The number of carbonyl (C=O) groups is 4. The number of benzene rings is 8. The van der Waals surface area contributed by atoms with Crippen LogP contribution in [0, 0.1) is 0 Å². The van der Waals surface area contributed by atoms with E-state index in [1.54, 1.807) is 6.07 Å². The van der Waals surface area contributed by atoms with Crippen molar-refractivity contribution < 1.29 is 56.7 Å². The highest BCUT2D eigenvalue weighted by atomic mass is 32.2. The van der Waals surface area contributed by atoms with Gasteiger partial charge in [-0.3, -0.25) is 14.4 Å². The molecular weight excluding hydrogens is 1320 g/mol. The Kier molecular flexibility index (Phi) is 26.7. The number of aryl methyl sites for hydroxylation is 1. The lowest BCUT2D eigenvalue weighted by molar-refractivity contribution is -0.173. The number of hydrogen-bond donors (Lipinski definition) is 0. The number of thiophene rings is 1. The summed E-state index contributed by atoms with van der Waals surface area (Å²) in [6.45, 7) is 38.2. The summed E-state index contributed by atoms with van der Waals surface area (Å²) in [5, 5.41) is 3.87. The molecule has 0 bridgehead atoms. The minimum Gasteiger partial charge on any atom is -0.457 e. The van der Waals surface area contributed by atoms with Gasteiger partial charge in [-0.25, -0.2) is 4.79 Å². The molecular formula is C88H101FO11S2. The summed E-state index contributed by atoms with van der Waals surface area (Å²) in [4.78, 5) is 45.9. The van der Waals surface area contributed by atoms with Gasteiger partial charge in [0, 0.05) is 46.1 Å². The number of Topliss-reactive ketones (excluding diaryl/α,β-unsaturated/α-hetero) is 1. The van der Waals surface area contributed by atoms with Gasteiger partial charge in [-0.2, -0.15) is 4.39 Å². The van der Waals surface area contributed by atoms with E-state index in [1.807, 2.05) is 59.9 Å². The van der Waals surface area contributed by atoms with Gasteiger partial charge in [0.25, 0.3) is 0 Å². The number of ether oxygens (including phenoxy) is 7. The van der Waals surface area contributed by atoms with Crippen LogP contribution < -0.4 is 23.7 Å². The summed E-state index contributed by atoms with van der Waals surface area (Å²) in [6.07, 6.45) is 2.68. The topological polar surface area (TPSA) is 133 Å². The van der Waals surface area contributed by atoms with Crippen LogP contribution in [0.1, 0.15) is 270 Å². The highest BCUT2D eigenvalue weighted by Gasteiger charge is 2.37. The molecule has 0 amide bonds. The lowest BCUT2D eigenvalue weighted by atomic mass is 9.98. The Bertz CT molecular complexity index is 4210. The molecule has 7 aliphatic rings. The van der Waals surface area contributed by atoms with Gasteiger partial charge in [-0.1, -0.05) is 214 Å². The SMILES string of the molecule is CC(C)c1ccc2c(c1)C(=O)CC2.CC(C)c1ccc2c(c1)C(=O)OC2.CC(C)c1ccc2c(c1)COC2.CC(C)c1ccc2c(c1)OC(=O)C2.CC(C)c1ccc2c(c1)OC(C)(F)O2.CC(C)c1ccc2c(c1)OCO2.CC(C)c1ccc2c(c1)SC(=O)C2.CC(C)c1cccc2sccc12. The van der Waals surface area contributed by atoms with E-state index < -0.39 is 6.04 Å². The molecule has 1 aromatic heterocycles. The zero-order chi connectivity index (χ0) is 73.7. The van der Waals surface area contributed by atoms with Crippen LogP contribution in [-0.2, 0) is 58.1 Å². The van der Waals surface area contributed by atoms with E-state index in [2.05, 4.69) is 213 Å². The summed E-state index contributed by atoms with van der Waals surface area (Å²) in [5.41, 5.74) is 19.2. The molecule has 0 fully saturated rings. The van der Waals surface area contributed by atoms with Crippen molar-refractivity contribution in [1.29, 1.82) is 0 Å². The van der Waals surface area contributed by atoms with Crippen molar-refractivity contribution in [2.75, 3.05) is 6.79 Å². The van der Waals surface area contributed by atoms with E-state index in [0.717, 1.165) is 69.6 Å². The van der Waals surface area contributed by atoms with E-state index in [0.29, 0.717) is 97.3 Å². The van der Waals surface area contributed by atoms with E-state index in [9.17, 15) is 23.6 Å². The van der Waals surface area contributed by atoms with Crippen LogP contribution in [-0.4, -0.2) is 35.7 Å². The molecule has 8 aromatic carbocycles. The van der Waals surface area contributed by atoms with Gasteiger partial charge in [0.15, 0.2) is 33.9 Å². The molecule has 538 valence electrons. The minimum atomic E-state index is -2.02. The predicted octanol–water partition coefficient (Wildman–Crippen LogP) is 23.3. The number of carbonyl (C=O) groups excluding carboxylic acids is 4. The Balaban J connectivity index is 0.000000136. The number of ketones is 1. The molecule has 0 radical (unpaired) electrons. The number of esters is 2. The fourth-order valence-corrected chi connectivity index (χ4v) is 13.8. The Hall–Kier alpha value is -8.56. The number of rotatable bonds is 8. The zero-order valence-corrected chi connectivity index (χ0v) is 64.1. The van der Waals surface area contributed by atoms with Crippen LogP contribution in [0.5, 0.6) is 28.7 Å². The third kappa shape index (κ3) is 20.6. The molecule has 1 aliphatic carbocycles. The molecule has 16 rings (SSSR count). The molecule has 0 spiro atoms. The second-order valence-electron chi connectivity index (χ2n) is 29.2. The van der Waals surface area contributed by atoms with Crippen molar-refractivity contribution >= 4 is 56.0 Å². The molecule has 7 heterocycles. The first-order valence-electron chi connectivity index (χ1n) is 35.9. The summed E-state index contributed by atoms with van der Waals surface area (Å²) < 4.78 is 50.4. The number of halogens is 1. The summed E-state index contributed by atoms with van der Waals surface area (Å²) in [5.74, 6) is 7.61. The normalized spacial score (nSPS) is 15.7. The number of alkyl halides is 1. The predicted molar refractivity (Wildman–Crippen MR) is 411 cm³/mol. The Morgan fingerprint density at radius 3 is 1.54 bits per heavy atom. The molecule has 1 atom stereocenters. The third-order valence-electron chi connectivity index (χ3n) is 18.6. The third-order valence-corrected chi connectivity index (χ3v) is 20.4. The number of hydrogen-bond acceptors (Lipinski definition) is 13. The van der Waals surface area contributed by atoms with Crippen LogP contribution >= 0.6 is 23.1 Å². The van der Waals surface area contributed by atoms with Crippen molar-refractivity contribution in [1.82, 2.24) is 0 Å². The minimum absolute atomic E-state index is 0.143. The highest BCUT2D eigenvalue weighted by Crippen LogP contribution is 2.42. The van der Waals surface area contributed by atoms with Crippen molar-refractivity contribution in [3.63, 3.8) is 0 Å². The van der Waals surface area contributed by atoms with E-state index in [1.165, 1.54) is 90.0 Å². The molecule has 14 heteroatoms. The van der Waals surface area contributed by atoms with Crippen LogP contribution in [0.4, 0.5) is 4.39 Å². The smallest absolute Gasteiger partial charge is 0.404 e. The van der Waals surface area contributed by atoms with E-state index in [-0.39, 0.29) is 17.1 Å². The first-order chi connectivity index (χ1) is 48.5. The zero-order valence-electron chi connectivity index (χ0n) is 62.5. The molecule has 6 aliphatic heterocycles. The Morgan fingerprint density at radius 1 is 0.412 bits per heavy atom. The summed E-state index contributed by atoms with van der Waals surface area (Å²) in [6, 6.07) is 49.7. The largest absolute Gasteiger partial charge is 0.457 e. The van der Waals surface area contributed by atoms with Crippen LogP contribution in [0.2, 0.25) is 0 Å². The van der Waals surface area contributed by atoms with Gasteiger partial charge in [0.1, 0.15) is 12.4 Å². The number of thioether (sulfide) groups is 1. The maximum atomic E-state index is 13.3. The monoisotopic (exact) mass is 1420 g/mol. The quantitative estimate of drug-likeness (QED) is 0.106. The molecule has 0 saturated heterocycles. The highest BCUT2D eigenvalue weighted by molar-refractivity contribution is 8.14. The lowest BCUT2D eigenvalue weighted by Gasteiger charge is -2.10. The van der Waals surface area contributed by atoms with Crippen molar-refractivity contribution in [3.05, 3.63) is 246 Å². The van der Waals surface area contributed by atoms with Crippen molar-refractivity contribution in [2.24, 2.45) is 0 Å². The molecule has 0 N–H and O–H groups in total. The number of fused-ring (bicyclic) bond motifs is 8. The van der Waals surface area contributed by atoms with Gasteiger partial charge in [0.05, 0.1) is 25.2 Å². The second-order valence-corrected chi connectivity index (χ2v) is 31.2. The standard InChI is InChI=1S/C12H14O.C11H13FO2.2C11H12O2.C11H12OS.C11H14O.C11H12S.C10H12O2/c1-8(2)10-4-3-9-5-6-12(13)11(9)7-10;1-7(2)8-4-5-9-10(6-8)14-11(3,12)13-9;1-7(2)8-3-4-9-6-13-11(12)10(9)5-8;2*1-7(2)8-3-4-9-6-11(12)13-10(9)5-8;1-8(2)9-3-4-10-6-12-7-11(10)5-9;1-8(2)9-4-3-5-11-10(9)6-7-12-11;1-7(2)8-3-4-9-10(5-8)12-6-11-9/h3-4,7-8H,5-6H2,1-2H3;4-7H,1-3H3;3*3-5,7H,6H2,1-2H3;3-5,8H,6-7H2,1-2H3;3-8H,1-2H3;3-5,7H,6H2,1-2H3. The lowest BCUT2D eigenvalue weighted by Crippen LogP contribution is -2.27. The average molecular weight is 1420 g/mol. The molecule has 0 saturated carbocycles. The molecule has 9 aromatic rings. The maximum Gasteiger partial charge on any atom is 0.404 e. The van der Waals surface area contributed by atoms with E-state index >= 15 is 0 Å². The maximum absolute atomic E-state index is 13.3. The van der Waals surface area contributed by atoms with Gasteiger partial charge >= 0.3 is 18.0 Å². The van der Waals surface area contributed by atoms with Gasteiger partial charge in [0.2, 0.25) is 6.79 Å². The van der Waals surface area contributed by atoms with Crippen LogP contribution in [0.3, 0.4) is 0 Å². The number of cyclic esters (lactones) is 1. The Labute approximate surface area is 612 Å². The second kappa shape index (κ2) is 35.1.